The van der Waals surface area contributed by atoms with Crippen LogP contribution in [-0.2, 0) is 17.8 Å². The zero-order valence-electron chi connectivity index (χ0n) is 12.4. The normalized spacial score (nSPS) is 10.9. The van der Waals surface area contributed by atoms with Crippen LogP contribution in [0.25, 0.3) is 0 Å². The highest BCUT2D eigenvalue weighted by Crippen LogP contribution is 2.24. The maximum Gasteiger partial charge on any atom is 0.0828 e. The number of halogens is 2. The minimum Gasteiger partial charge on any atom is -0.383 e. The van der Waals surface area contributed by atoms with Gasteiger partial charge < -0.3 is 10.1 Å². The van der Waals surface area contributed by atoms with Crippen molar-refractivity contribution in [2.45, 2.75) is 26.9 Å². The summed E-state index contributed by atoms with van der Waals surface area (Å²) in [5.74, 6) is 0. The molecule has 0 amide bonds. The van der Waals surface area contributed by atoms with Gasteiger partial charge in [-0.05, 0) is 31.5 Å². The van der Waals surface area contributed by atoms with E-state index in [1.54, 1.807) is 7.11 Å². The zero-order valence-corrected chi connectivity index (χ0v) is 13.9. The van der Waals surface area contributed by atoms with E-state index in [-0.39, 0.29) is 0 Å². The van der Waals surface area contributed by atoms with Gasteiger partial charge in [0.25, 0.3) is 0 Å². The lowest BCUT2D eigenvalue weighted by molar-refractivity contribution is 0.182. The molecule has 21 heavy (non-hydrogen) atoms. The number of benzene rings is 1. The maximum absolute atomic E-state index is 6.03. The third-order valence-corrected chi connectivity index (χ3v) is 4.08. The Hall–Kier alpha value is -1.23. The summed E-state index contributed by atoms with van der Waals surface area (Å²) in [6.07, 6.45) is 0. The Morgan fingerprint density at radius 2 is 2.00 bits per heavy atom. The van der Waals surface area contributed by atoms with Crippen LogP contribution in [0.15, 0.2) is 18.2 Å². The molecule has 1 heterocycles. The Balaban J connectivity index is 2.09. The van der Waals surface area contributed by atoms with E-state index in [0.717, 1.165) is 29.2 Å². The molecule has 6 heteroatoms. The number of nitrogens with zero attached hydrogens (tertiary/aromatic N) is 2. The van der Waals surface area contributed by atoms with Crippen molar-refractivity contribution in [3.8, 4) is 0 Å². The summed E-state index contributed by atoms with van der Waals surface area (Å²) in [6.45, 7) is 6.11. The molecule has 4 nitrogen and oxygen atoms in total. The van der Waals surface area contributed by atoms with Crippen molar-refractivity contribution >= 4 is 28.9 Å². The second kappa shape index (κ2) is 7.16. The Bertz CT molecular complexity index is 626. The molecule has 2 aromatic rings. The maximum atomic E-state index is 6.03. The molecule has 0 atom stereocenters. The predicted molar refractivity (Wildman–Crippen MR) is 87.4 cm³/mol. The molecule has 114 valence electrons. The summed E-state index contributed by atoms with van der Waals surface area (Å²) in [5.41, 5.74) is 4.21. The van der Waals surface area contributed by atoms with E-state index in [1.807, 2.05) is 36.7 Å². The summed E-state index contributed by atoms with van der Waals surface area (Å²) < 4.78 is 7.05. The fraction of sp³-hybridized carbons (Fsp3) is 0.400. The molecule has 0 bridgehead atoms. The topological polar surface area (TPSA) is 39.1 Å². The number of ether oxygens (including phenoxy) is 1. The number of hydrogen-bond acceptors (Lipinski definition) is 3. The summed E-state index contributed by atoms with van der Waals surface area (Å²) in [7, 11) is 1.69. The van der Waals surface area contributed by atoms with Crippen LogP contribution in [0.3, 0.4) is 0 Å². The van der Waals surface area contributed by atoms with Crippen LogP contribution < -0.4 is 5.32 Å². The summed E-state index contributed by atoms with van der Waals surface area (Å²) in [6, 6.07) is 5.64. The van der Waals surface area contributed by atoms with Gasteiger partial charge in [0.1, 0.15) is 0 Å². The lowest BCUT2D eigenvalue weighted by Crippen LogP contribution is -2.08. The standard InChI is InChI=1S/C15H19Cl2N3O/c1-10-15(11(2)20(19-10)6-7-21-3)18-9-12-4-5-13(16)14(17)8-12/h4-5,8,18H,6-7,9H2,1-3H3. The molecule has 1 aromatic heterocycles. The first-order chi connectivity index (χ1) is 10.0. The predicted octanol–water partition coefficient (Wildman–Crippen LogP) is 4.07. The molecule has 1 aromatic carbocycles. The Morgan fingerprint density at radius 3 is 2.67 bits per heavy atom. The van der Waals surface area contributed by atoms with Crippen molar-refractivity contribution in [3.05, 3.63) is 45.2 Å². The highest BCUT2D eigenvalue weighted by molar-refractivity contribution is 6.42. The van der Waals surface area contributed by atoms with Crippen LogP contribution in [0.1, 0.15) is 17.0 Å². The van der Waals surface area contributed by atoms with Crippen molar-refractivity contribution in [1.29, 1.82) is 0 Å². The first-order valence-electron chi connectivity index (χ1n) is 6.73. The van der Waals surface area contributed by atoms with E-state index in [0.29, 0.717) is 23.2 Å². The number of hydrogen-bond donors (Lipinski definition) is 1. The van der Waals surface area contributed by atoms with Crippen LogP contribution in [-0.4, -0.2) is 23.5 Å². The number of aromatic nitrogens is 2. The number of methoxy groups -OCH3 is 1. The molecular weight excluding hydrogens is 309 g/mol. The van der Waals surface area contributed by atoms with E-state index < -0.39 is 0 Å². The van der Waals surface area contributed by atoms with Gasteiger partial charge in [-0.3, -0.25) is 4.68 Å². The van der Waals surface area contributed by atoms with Gasteiger partial charge >= 0.3 is 0 Å². The minimum atomic E-state index is 0.570. The van der Waals surface area contributed by atoms with E-state index in [1.165, 1.54) is 0 Å². The van der Waals surface area contributed by atoms with E-state index >= 15 is 0 Å². The average molecular weight is 328 g/mol. The molecule has 0 aliphatic carbocycles. The molecule has 1 N–H and O–H groups in total. The number of anilines is 1. The fourth-order valence-corrected chi connectivity index (χ4v) is 2.51. The molecule has 0 fully saturated rings. The Labute approximate surface area is 135 Å². The van der Waals surface area contributed by atoms with Crippen LogP contribution in [0.4, 0.5) is 5.69 Å². The van der Waals surface area contributed by atoms with Gasteiger partial charge in [0, 0.05) is 13.7 Å². The number of nitrogens with one attached hydrogen (secondary N) is 1. The second-order valence-corrected chi connectivity index (χ2v) is 5.68. The zero-order chi connectivity index (χ0) is 15.4. The highest BCUT2D eigenvalue weighted by atomic mass is 35.5. The van der Waals surface area contributed by atoms with Crippen molar-refractivity contribution in [3.63, 3.8) is 0 Å². The number of aryl methyl sites for hydroxylation is 1. The van der Waals surface area contributed by atoms with E-state index in [2.05, 4.69) is 10.4 Å². The number of rotatable bonds is 6. The molecular formula is C15H19Cl2N3O. The van der Waals surface area contributed by atoms with Gasteiger partial charge in [-0.1, -0.05) is 29.3 Å². The molecule has 2 rings (SSSR count). The van der Waals surface area contributed by atoms with Gasteiger partial charge in [0.05, 0.1) is 40.3 Å². The molecule has 0 spiro atoms. The lowest BCUT2D eigenvalue weighted by atomic mass is 10.2. The second-order valence-electron chi connectivity index (χ2n) is 4.86. The minimum absolute atomic E-state index is 0.570. The van der Waals surface area contributed by atoms with Crippen LogP contribution >= 0.6 is 23.2 Å². The molecule has 0 unspecified atom stereocenters. The molecule has 0 aliphatic heterocycles. The van der Waals surface area contributed by atoms with Crippen LogP contribution in [0, 0.1) is 13.8 Å². The summed E-state index contributed by atoms with van der Waals surface area (Å²) in [4.78, 5) is 0. The van der Waals surface area contributed by atoms with Gasteiger partial charge in [-0.2, -0.15) is 5.10 Å². The summed E-state index contributed by atoms with van der Waals surface area (Å²) in [5, 5.41) is 9.07. The van der Waals surface area contributed by atoms with Crippen molar-refractivity contribution < 1.29 is 4.74 Å². The smallest absolute Gasteiger partial charge is 0.0828 e. The fourth-order valence-electron chi connectivity index (χ4n) is 2.19. The third-order valence-electron chi connectivity index (χ3n) is 3.34. The monoisotopic (exact) mass is 327 g/mol. The van der Waals surface area contributed by atoms with Crippen LogP contribution in [0.2, 0.25) is 10.0 Å². The largest absolute Gasteiger partial charge is 0.383 e. The van der Waals surface area contributed by atoms with Gasteiger partial charge in [-0.25, -0.2) is 0 Å². The Morgan fingerprint density at radius 1 is 1.24 bits per heavy atom. The van der Waals surface area contributed by atoms with Gasteiger partial charge in [0.15, 0.2) is 0 Å². The average Bonchev–Trinajstić information content (AvgIpc) is 2.73. The van der Waals surface area contributed by atoms with E-state index in [4.69, 9.17) is 27.9 Å². The molecule has 0 aliphatic rings. The van der Waals surface area contributed by atoms with Crippen molar-refractivity contribution in [1.82, 2.24) is 9.78 Å². The SMILES string of the molecule is COCCn1nc(C)c(NCc2ccc(Cl)c(Cl)c2)c1C. The molecule has 0 radical (unpaired) electrons. The van der Waals surface area contributed by atoms with Crippen LogP contribution in [0.5, 0.6) is 0 Å². The Kier molecular flexibility index (Phi) is 5.51. The van der Waals surface area contributed by atoms with E-state index in [9.17, 15) is 0 Å². The quantitative estimate of drug-likeness (QED) is 0.869. The first kappa shape index (κ1) is 16.1. The van der Waals surface area contributed by atoms with Gasteiger partial charge in [0.2, 0.25) is 0 Å². The molecule has 0 saturated heterocycles. The molecule has 0 saturated carbocycles. The van der Waals surface area contributed by atoms with Crippen molar-refractivity contribution in [2.24, 2.45) is 0 Å². The first-order valence-corrected chi connectivity index (χ1v) is 7.49. The van der Waals surface area contributed by atoms with Crippen molar-refractivity contribution in [2.75, 3.05) is 19.0 Å². The third kappa shape index (κ3) is 3.90. The highest BCUT2D eigenvalue weighted by Gasteiger charge is 2.11. The summed E-state index contributed by atoms with van der Waals surface area (Å²) >= 11 is 12.0. The lowest BCUT2D eigenvalue weighted by Gasteiger charge is -2.09. The van der Waals surface area contributed by atoms with Gasteiger partial charge in [-0.15, -0.1) is 0 Å².